The Bertz CT molecular complexity index is 115. The first-order chi connectivity index (χ1) is 7.27. The minimum Gasteiger partial charge on any atom is -0.309 e. The van der Waals surface area contributed by atoms with Crippen LogP contribution >= 0.6 is 13.5 Å². The van der Waals surface area contributed by atoms with Gasteiger partial charge in [-0.15, -0.1) is 0 Å². The summed E-state index contributed by atoms with van der Waals surface area (Å²) < 4.78 is 0. The molecule has 0 aliphatic carbocycles. The lowest BCUT2D eigenvalue weighted by Gasteiger charge is -2.08. The van der Waals surface area contributed by atoms with Crippen molar-refractivity contribution in [1.29, 1.82) is 0 Å². The lowest BCUT2D eigenvalue weighted by Crippen LogP contribution is -2.12. The Morgan fingerprint density at radius 3 is 1.38 bits per heavy atom. The minimum absolute atomic E-state index is 0. The van der Waals surface area contributed by atoms with E-state index >= 15 is 0 Å². The van der Waals surface area contributed by atoms with E-state index in [0.29, 0.717) is 0 Å². The Balaban J connectivity index is 0. The summed E-state index contributed by atoms with van der Waals surface area (Å²) in [7, 11) is 4.32. The minimum atomic E-state index is 0. The fraction of sp³-hybridized carbons (Fsp3) is 1.00. The molecule has 0 bridgehead atoms. The summed E-state index contributed by atoms with van der Waals surface area (Å²) in [4.78, 5) is 2.28. The molecule has 0 rings (SSSR count). The molecule has 1 nitrogen and oxygen atoms in total. The van der Waals surface area contributed by atoms with Crippen LogP contribution in [0.1, 0.15) is 71.1 Å². The van der Waals surface area contributed by atoms with Crippen LogP contribution in [0.5, 0.6) is 0 Å². The number of hydrogen-bond donors (Lipinski definition) is 0. The lowest BCUT2D eigenvalue weighted by atomic mass is 10.1. The summed E-state index contributed by atoms with van der Waals surface area (Å²) in [6, 6.07) is 0. The van der Waals surface area contributed by atoms with Crippen LogP contribution < -0.4 is 0 Å². The van der Waals surface area contributed by atoms with E-state index < -0.39 is 0 Å². The molecule has 0 saturated heterocycles. The van der Waals surface area contributed by atoms with Gasteiger partial charge >= 0.3 is 0 Å². The van der Waals surface area contributed by atoms with Crippen molar-refractivity contribution in [2.24, 2.45) is 0 Å². The third-order valence-corrected chi connectivity index (χ3v) is 2.96. The topological polar surface area (TPSA) is 3.24 Å². The van der Waals surface area contributed by atoms with E-state index in [0.717, 1.165) is 0 Å². The van der Waals surface area contributed by atoms with E-state index in [1.165, 1.54) is 70.8 Å². The Hall–Kier alpha value is 0.310. The number of hydrogen-bond acceptors (Lipinski definition) is 1. The van der Waals surface area contributed by atoms with Gasteiger partial charge in [-0.3, -0.25) is 0 Å². The number of unbranched alkanes of at least 4 members (excludes halogenated alkanes) is 9. The number of nitrogens with zero attached hydrogens (tertiary/aromatic N) is 1. The summed E-state index contributed by atoms with van der Waals surface area (Å²) in [5.74, 6) is 0. The molecule has 0 radical (unpaired) electrons. The quantitative estimate of drug-likeness (QED) is 0.483. The molecule has 0 aromatic heterocycles. The molecule has 0 aromatic rings. The van der Waals surface area contributed by atoms with E-state index in [1.54, 1.807) is 0 Å². The van der Waals surface area contributed by atoms with Gasteiger partial charge in [0.15, 0.2) is 0 Å². The van der Waals surface area contributed by atoms with E-state index in [-0.39, 0.29) is 13.5 Å². The maximum absolute atomic E-state index is 2.28. The second-order valence-corrected chi connectivity index (χ2v) is 4.99. The highest BCUT2D eigenvalue weighted by atomic mass is 32.1. The Labute approximate surface area is 110 Å². The summed E-state index contributed by atoms with van der Waals surface area (Å²) in [5.41, 5.74) is 0. The molecule has 0 atom stereocenters. The van der Waals surface area contributed by atoms with Crippen molar-refractivity contribution in [3.8, 4) is 0 Å². The van der Waals surface area contributed by atoms with Crippen LogP contribution in [0.3, 0.4) is 0 Å². The Morgan fingerprint density at radius 2 is 1.00 bits per heavy atom. The van der Waals surface area contributed by atoms with Crippen molar-refractivity contribution < 1.29 is 0 Å². The summed E-state index contributed by atoms with van der Waals surface area (Å²) in [6.45, 7) is 3.54. The van der Waals surface area contributed by atoms with Crippen LogP contribution in [-0.4, -0.2) is 25.5 Å². The maximum atomic E-state index is 2.28. The summed E-state index contributed by atoms with van der Waals surface area (Å²) in [5, 5.41) is 0. The molecule has 0 amide bonds. The van der Waals surface area contributed by atoms with Gasteiger partial charge < -0.3 is 4.90 Å². The van der Waals surface area contributed by atoms with Gasteiger partial charge in [-0.25, -0.2) is 0 Å². The molecule has 100 valence electrons. The SMILES string of the molecule is CCCCCCCCCCCCN(C)C.S. The third-order valence-electron chi connectivity index (χ3n) is 2.96. The van der Waals surface area contributed by atoms with Crippen LogP contribution in [0.15, 0.2) is 0 Å². The first kappa shape index (κ1) is 18.7. The molecule has 2 heteroatoms. The van der Waals surface area contributed by atoms with E-state index in [1.807, 2.05) is 0 Å². The van der Waals surface area contributed by atoms with Crippen molar-refractivity contribution in [3.05, 3.63) is 0 Å². The van der Waals surface area contributed by atoms with Crippen molar-refractivity contribution in [3.63, 3.8) is 0 Å². The van der Waals surface area contributed by atoms with E-state index in [2.05, 4.69) is 25.9 Å². The zero-order valence-corrected chi connectivity index (χ0v) is 12.7. The highest BCUT2D eigenvalue weighted by molar-refractivity contribution is 7.59. The van der Waals surface area contributed by atoms with Gasteiger partial charge in [-0.1, -0.05) is 64.7 Å². The van der Waals surface area contributed by atoms with Gasteiger partial charge in [0.1, 0.15) is 0 Å². The molecule has 0 aromatic carbocycles. The third kappa shape index (κ3) is 16.7. The standard InChI is InChI=1S/C14H31N.H2S/c1-4-5-6-7-8-9-10-11-12-13-14-15(2)3;/h4-14H2,1-3H3;1H2. The molecule has 0 saturated carbocycles. The second-order valence-electron chi connectivity index (χ2n) is 4.99. The zero-order chi connectivity index (χ0) is 11.4. The molecule has 0 unspecified atom stereocenters. The molecule has 0 fully saturated rings. The van der Waals surface area contributed by atoms with Crippen molar-refractivity contribution in [2.75, 3.05) is 20.6 Å². The van der Waals surface area contributed by atoms with Crippen LogP contribution in [0.2, 0.25) is 0 Å². The van der Waals surface area contributed by atoms with Crippen LogP contribution in [0.25, 0.3) is 0 Å². The first-order valence-electron chi connectivity index (χ1n) is 6.92. The molecule has 0 spiro atoms. The van der Waals surface area contributed by atoms with E-state index in [4.69, 9.17) is 0 Å². The van der Waals surface area contributed by atoms with Gasteiger partial charge in [0, 0.05) is 0 Å². The summed E-state index contributed by atoms with van der Waals surface area (Å²) >= 11 is 0. The van der Waals surface area contributed by atoms with Crippen LogP contribution in [0.4, 0.5) is 0 Å². The highest BCUT2D eigenvalue weighted by Crippen LogP contribution is 2.10. The Kier molecular flexibility index (Phi) is 17.9. The lowest BCUT2D eigenvalue weighted by molar-refractivity contribution is 0.389. The fourth-order valence-corrected chi connectivity index (χ4v) is 1.92. The molecule has 0 aliphatic rings. The zero-order valence-electron chi connectivity index (χ0n) is 11.7. The smallest absolute Gasteiger partial charge is 0.00248 e. The molecule has 16 heavy (non-hydrogen) atoms. The monoisotopic (exact) mass is 247 g/mol. The predicted octanol–water partition coefficient (Wildman–Crippen LogP) is 4.58. The predicted molar refractivity (Wildman–Crippen MR) is 80.8 cm³/mol. The van der Waals surface area contributed by atoms with E-state index in [9.17, 15) is 0 Å². The Morgan fingerprint density at radius 1 is 0.625 bits per heavy atom. The van der Waals surface area contributed by atoms with Crippen molar-refractivity contribution >= 4 is 13.5 Å². The molecule has 0 heterocycles. The van der Waals surface area contributed by atoms with Gasteiger partial charge in [-0.2, -0.15) is 13.5 Å². The highest BCUT2D eigenvalue weighted by Gasteiger charge is 1.93. The maximum Gasteiger partial charge on any atom is -0.00248 e. The van der Waals surface area contributed by atoms with Crippen LogP contribution in [0, 0.1) is 0 Å². The molecule has 0 aliphatic heterocycles. The largest absolute Gasteiger partial charge is 0.309 e. The summed E-state index contributed by atoms with van der Waals surface area (Å²) in [6.07, 6.45) is 14.4. The fourth-order valence-electron chi connectivity index (χ4n) is 1.92. The second kappa shape index (κ2) is 15.3. The molecular weight excluding hydrogens is 214 g/mol. The van der Waals surface area contributed by atoms with Crippen molar-refractivity contribution in [2.45, 2.75) is 71.1 Å². The number of rotatable bonds is 11. The van der Waals surface area contributed by atoms with Crippen molar-refractivity contribution in [1.82, 2.24) is 4.90 Å². The average molecular weight is 247 g/mol. The van der Waals surface area contributed by atoms with Crippen LogP contribution in [-0.2, 0) is 0 Å². The van der Waals surface area contributed by atoms with Gasteiger partial charge in [0.05, 0.1) is 0 Å². The normalized spacial score (nSPS) is 10.5. The molecular formula is C14H33NS. The van der Waals surface area contributed by atoms with Gasteiger partial charge in [0.2, 0.25) is 0 Å². The first-order valence-corrected chi connectivity index (χ1v) is 6.92. The average Bonchev–Trinajstić information content (AvgIpc) is 2.20. The molecule has 0 N–H and O–H groups in total. The van der Waals surface area contributed by atoms with Gasteiger partial charge in [0.25, 0.3) is 0 Å². The van der Waals surface area contributed by atoms with Gasteiger partial charge in [-0.05, 0) is 27.1 Å².